The van der Waals surface area contributed by atoms with Gasteiger partial charge in [0, 0.05) is 11.7 Å². The lowest BCUT2D eigenvalue weighted by molar-refractivity contribution is 0.120. The maximum Gasteiger partial charge on any atom is 0.404 e. The Hall–Kier alpha value is -2.75. The number of hydrogen-bond acceptors (Lipinski definition) is 4. The number of amides is 3. The summed E-state index contributed by atoms with van der Waals surface area (Å²) < 4.78 is 4.81. The number of nitrogens with one attached hydrogen (secondary N) is 2. The van der Waals surface area contributed by atoms with Gasteiger partial charge in [-0.3, -0.25) is 0 Å². The first-order chi connectivity index (χ1) is 11.1. The number of anilines is 1. The van der Waals surface area contributed by atoms with E-state index in [9.17, 15) is 9.59 Å². The van der Waals surface area contributed by atoms with E-state index >= 15 is 0 Å². The Bertz CT molecular complexity index is 586. The summed E-state index contributed by atoms with van der Waals surface area (Å²) >= 11 is 0. The third-order valence-electron chi connectivity index (χ3n) is 3.92. The van der Waals surface area contributed by atoms with Crippen molar-refractivity contribution in [2.45, 2.75) is 31.7 Å². The Labute approximate surface area is 134 Å². The fourth-order valence-corrected chi connectivity index (χ4v) is 2.65. The number of benzene rings is 1. The van der Waals surface area contributed by atoms with Gasteiger partial charge in [-0.1, -0.05) is 0 Å². The maximum absolute atomic E-state index is 12.0. The number of nitriles is 1. The van der Waals surface area contributed by atoms with Crippen LogP contribution in [0, 0.1) is 17.2 Å². The Balaban J connectivity index is 1.72. The first-order valence-corrected chi connectivity index (χ1v) is 7.56. The number of hydrogen-bond donors (Lipinski definition) is 3. The van der Waals surface area contributed by atoms with Gasteiger partial charge in [0.25, 0.3) is 0 Å². The Morgan fingerprint density at radius 3 is 2.43 bits per heavy atom. The summed E-state index contributed by atoms with van der Waals surface area (Å²) in [6.07, 6.45) is 2.71. The van der Waals surface area contributed by atoms with Crippen LogP contribution in [0.3, 0.4) is 0 Å². The highest BCUT2D eigenvalue weighted by Crippen LogP contribution is 2.24. The number of nitrogens with two attached hydrogens (primary N) is 1. The Morgan fingerprint density at radius 1 is 1.22 bits per heavy atom. The van der Waals surface area contributed by atoms with Crippen LogP contribution in [0.1, 0.15) is 31.2 Å². The van der Waals surface area contributed by atoms with Crippen molar-refractivity contribution in [1.29, 1.82) is 5.26 Å². The van der Waals surface area contributed by atoms with E-state index in [4.69, 9.17) is 15.7 Å². The van der Waals surface area contributed by atoms with Crippen molar-refractivity contribution in [3.63, 3.8) is 0 Å². The summed E-state index contributed by atoms with van der Waals surface area (Å²) in [5, 5.41) is 14.4. The van der Waals surface area contributed by atoms with E-state index in [1.165, 1.54) is 0 Å². The monoisotopic (exact) mass is 316 g/mol. The number of primary amides is 1. The molecule has 2 rings (SSSR count). The molecule has 7 nitrogen and oxygen atoms in total. The minimum absolute atomic E-state index is 0.109. The number of ether oxygens (including phenoxy) is 1. The summed E-state index contributed by atoms with van der Waals surface area (Å²) in [4.78, 5) is 22.5. The van der Waals surface area contributed by atoms with Crippen molar-refractivity contribution in [2.24, 2.45) is 11.7 Å². The van der Waals surface area contributed by atoms with Crippen LogP contribution in [-0.4, -0.2) is 24.8 Å². The number of urea groups is 1. The first kappa shape index (κ1) is 16.6. The van der Waals surface area contributed by atoms with Gasteiger partial charge >= 0.3 is 12.1 Å². The van der Waals surface area contributed by atoms with Gasteiger partial charge in [0.15, 0.2) is 0 Å². The standard InChI is InChI=1S/C16H20N4O3/c17-9-11-1-5-13(6-2-11)19-16(22)20-14-7-3-12(4-8-14)10-23-15(18)21/h1-2,5-6,12,14H,3-4,7-8,10H2,(H2,18,21)(H2,19,20,22). The number of nitrogens with zero attached hydrogens (tertiary/aromatic N) is 1. The van der Waals surface area contributed by atoms with Crippen LogP contribution >= 0.6 is 0 Å². The highest BCUT2D eigenvalue weighted by atomic mass is 16.5. The average molecular weight is 316 g/mol. The van der Waals surface area contributed by atoms with E-state index < -0.39 is 6.09 Å². The molecule has 0 aliphatic heterocycles. The highest BCUT2D eigenvalue weighted by Gasteiger charge is 2.23. The summed E-state index contributed by atoms with van der Waals surface area (Å²) in [5.74, 6) is 0.308. The molecule has 1 aliphatic rings. The predicted octanol–water partition coefficient (Wildman–Crippen LogP) is 2.33. The fraction of sp³-hybridized carbons (Fsp3) is 0.438. The molecule has 1 fully saturated rings. The molecule has 7 heteroatoms. The van der Waals surface area contributed by atoms with Crippen molar-refractivity contribution in [1.82, 2.24) is 5.32 Å². The van der Waals surface area contributed by atoms with Crippen LogP contribution in [-0.2, 0) is 4.74 Å². The van der Waals surface area contributed by atoms with E-state index in [2.05, 4.69) is 10.6 Å². The molecule has 1 aromatic carbocycles. The lowest BCUT2D eigenvalue weighted by atomic mass is 9.86. The van der Waals surface area contributed by atoms with Gasteiger partial charge in [0.2, 0.25) is 0 Å². The molecular formula is C16H20N4O3. The van der Waals surface area contributed by atoms with Gasteiger partial charge < -0.3 is 21.1 Å². The third kappa shape index (κ3) is 5.51. The largest absolute Gasteiger partial charge is 0.449 e. The molecule has 0 saturated heterocycles. The second kappa shape index (κ2) is 8.03. The van der Waals surface area contributed by atoms with E-state index in [0.29, 0.717) is 23.8 Å². The van der Waals surface area contributed by atoms with Gasteiger partial charge in [0.05, 0.1) is 18.2 Å². The quantitative estimate of drug-likeness (QED) is 0.790. The Morgan fingerprint density at radius 2 is 1.87 bits per heavy atom. The highest BCUT2D eigenvalue weighted by molar-refractivity contribution is 5.89. The third-order valence-corrected chi connectivity index (χ3v) is 3.92. The summed E-state index contributed by atoms with van der Waals surface area (Å²) in [6.45, 7) is 0.347. The molecule has 0 heterocycles. The van der Waals surface area contributed by atoms with Gasteiger partial charge in [-0.2, -0.15) is 5.26 Å². The zero-order chi connectivity index (χ0) is 16.7. The van der Waals surface area contributed by atoms with E-state index in [-0.39, 0.29) is 12.1 Å². The van der Waals surface area contributed by atoms with E-state index in [1.807, 2.05) is 6.07 Å². The number of rotatable bonds is 4. The van der Waals surface area contributed by atoms with Crippen LogP contribution in [0.2, 0.25) is 0 Å². The molecule has 1 aliphatic carbocycles. The summed E-state index contributed by atoms with van der Waals surface area (Å²) in [5.41, 5.74) is 6.14. The fourth-order valence-electron chi connectivity index (χ4n) is 2.65. The van der Waals surface area contributed by atoms with Crippen LogP contribution in [0.5, 0.6) is 0 Å². The molecule has 0 bridgehead atoms. The molecule has 1 aromatic rings. The van der Waals surface area contributed by atoms with Gasteiger partial charge in [0.1, 0.15) is 0 Å². The summed E-state index contributed by atoms with van der Waals surface area (Å²) in [7, 11) is 0. The second-order valence-corrected chi connectivity index (χ2v) is 5.64. The zero-order valence-electron chi connectivity index (χ0n) is 12.7. The predicted molar refractivity (Wildman–Crippen MR) is 84.6 cm³/mol. The van der Waals surface area contributed by atoms with Crippen molar-refractivity contribution in [2.75, 3.05) is 11.9 Å². The minimum Gasteiger partial charge on any atom is -0.449 e. The number of carbonyl (C=O) groups is 2. The SMILES string of the molecule is N#Cc1ccc(NC(=O)NC2CCC(COC(N)=O)CC2)cc1. The molecule has 23 heavy (non-hydrogen) atoms. The molecular weight excluding hydrogens is 296 g/mol. The van der Waals surface area contributed by atoms with Gasteiger partial charge in [-0.15, -0.1) is 0 Å². The van der Waals surface area contributed by atoms with Crippen molar-refractivity contribution in [3.05, 3.63) is 29.8 Å². The van der Waals surface area contributed by atoms with Crippen molar-refractivity contribution < 1.29 is 14.3 Å². The molecule has 122 valence electrons. The van der Waals surface area contributed by atoms with Crippen molar-refractivity contribution in [3.8, 4) is 6.07 Å². The summed E-state index contributed by atoms with van der Waals surface area (Å²) in [6, 6.07) is 8.56. The second-order valence-electron chi connectivity index (χ2n) is 5.64. The lowest BCUT2D eigenvalue weighted by Gasteiger charge is -2.28. The average Bonchev–Trinajstić information content (AvgIpc) is 2.55. The van der Waals surface area contributed by atoms with E-state index in [0.717, 1.165) is 25.7 Å². The van der Waals surface area contributed by atoms with Gasteiger partial charge in [-0.05, 0) is 55.9 Å². The Kier molecular flexibility index (Phi) is 5.80. The van der Waals surface area contributed by atoms with Gasteiger partial charge in [-0.25, -0.2) is 9.59 Å². The molecule has 0 radical (unpaired) electrons. The van der Waals surface area contributed by atoms with E-state index in [1.54, 1.807) is 24.3 Å². The number of carbonyl (C=O) groups excluding carboxylic acids is 2. The molecule has 0 unspecified atom stereocenters. The molecule has 0 aromatic heterocycles. The smallest absolute Gasteiger partial charge is 0.404 e. The lowest BCUT2D eigenvalue weighted by Crippen LogP contribution is -2.40. The zero-order valence-corrected chi connectivity index (χ0v) is 12.7. The molecule has 1 saturated carbocycles. The molecule has 3 amide bonds. The van der Waals surface area contributed by atoms with Crippen LogP contribution in [0.15, 0.2) is 24.3 Å². The maximum atomic E-state index is 12.0. The first-order valence-electron chi connectivity index (χ1n) is 7.56. The van der Waals surface area contributed by atoms with Crippen LogP contribution in [0.4, 0.5) is 15.3 Å². The normalized spacial score (nSPS) is 20.1. The molecule has 0 atom stereocenters. The van der Waals surface area contributed by atoms with Crippen LogP contribution < -0.4 is 16.4 Å². The van der Waals surface area contributed by atoms with Crippen molar-refractivity contribution >= 4 is 17.8 Å². The molecule has 0 spiro atoms. The topological polar surface area (TPSA) is 117 Å². The van der Waals surface area contributed by atoms with Crippen LogP contribution in [0.25, 0.3) is 0 Å². The molecule has 4 N–H and O–H groups in total. The minimum atomic E-state index is -0.743.